The summed E-state index contributed by atoms with van der Waals surface area (Å²) in [7, 11) is 0. The highest BCUT2D eigenvalue weighted by Crippen LogP contribution is 2.30. The Balaban J connectivity index is 0.000000769. The molecule has 1 aliphatic rings. The van der Waals surface area contributed by atoms with Crippen LogP contribution >= 0.6 is 0 Å². The van der Waals surface area contributed by atoms with E-state index < -0.39 is 29.0 Å². The van der Waals surface area contributed by atoms with Gasteiger partial charge in [-0.2, -0.15) is 0 Å². The van der Waals surface area contributed by atoms with Gasteiger partial charge >= 0.3 is 0 Å². The summed E-state index contributed by atoms with van der Waals surface area (Å²) in [5.74, 6) is -2.77. The first-order chi connectivity index (χ1) is 15.1. The second-order valence-electron chi connectivity index (χ2n) is 7.82. The summed E-state index contributed by atoms with van der Waals surface area (Å²) in [5.41, 5.74) is 0.0506. The van der Waals surface area contributed by atoms with E-state index >= 15 is 0 Å². The highest BCUT2D eigenvalue weighted by atomic mass is 19.2. The van der Waals surface area contributed by atoms with Crippen molar-refractivity contribution in [2.75, 3.05) is 18.4 Å². The van der Waals surface area contributed by atoms with Crippen molar-refractivity contribution in [3.8, 4) is 0 Å². The second kappa shape index (κ2) is 12.7. The summed E-state index contributed by atoms with van der Waals surface area (Å²) >= 11 is 0. The van der Waals surface area contributed by atoms with Gasteiger partial charge in [-0.05, 0) is 42.7 Å². The van der Waals surface area contributed by atoms with Gasteiger partial charge in [-0.1, -0.05) is 40.7 Å². The van der Waals surface area contributed by atoms with Crippen molar-refractivity contribution < 1.29 is 22.8 Å². The molecule has 2 amide bonds. The molecular formula is C24H32F3N3O2. The Kier molecular flexibility index (Phi) is 10.7. The van der Waals surface area contributed by atoms with Crippen LogP contribution in [0, 0.1) is 30.3 Å². The number of hydrogen-bond acceptors (Lipinski definition) is 3. The van der Waals surface area contributed by atoms with Crippen LogP contribution < -0.4 is 10.6 Å². The van der Waals surface area contributed by atoms with Gasteiger partial charge in [-0.3, -0.25) is 9.59 Å². The summed E-state index contributed by atoms with van der Waals surface area (Å²) in [6, 6.07) is 6.06. The molecule has 1 heterocycles. The number of aryl methyl sites for hydroxylation is 1. The van der Waals surface area contributed by atoms with Gasteiger partial charge in [0.25, 0.3) is 5.91 Å². The number of halogens is 3. The van der Waals surface area contributed by atoms with Gasteiger partial charge in [0.15, 0.2) is 11.6 Å². The van der Waals surface area contributed by atoms with E-state index in [1.807, 2.05) is 13.8 Å². The van der Waals surface area contributed by atoms with E-state index in [9.17, 15) is 22.8 Å². The molecule has 1 saturated heterocycles. The standard InChI is InChI=1S/C18H16F3N3O2.C4H10.C2H6/c1-10-2-5-15(14(20)6-10)23-17-12(3-4-13(19)16(17)21)18(26)24-7-11(8-24)22-9-25;1-4(2)3;1-2/h2-6,9,11,23H,7-8H2,1H3,(H,22,25);4H,1-3H3;1-2H3. The summed E-state index contributed by atoms with van der Waals surface area (Å²) in [5, 5.41) is 5.02. The fourth-order valence-electron chi connectivity index (χ4n) is 2.72. The first-order valence-corrected chi connectivity index (χ1v) is 10.6. The quantitative estimate of drug-likeness (QED) is 0.597. The van der Waals surface area contributed by atoms with Crippen molar-refractivity contribution in [1.29, 1.82) is 0 Å². The van der Waals surface area contributed by atoms with Gasteiger partial charge in [-0.15, -0.1) is 0 Å². The fraction of sp³-hybridized carbons (Fsp3) is 0.417. The highest BCUT2D eigenvalue weighted by Gasteiger charge is 2.33. The Bertz CT molecular complexity index is 911. The van der Waals surface area contributed by atoms with Gasteiger partial charge in [0.05, 0.1) is 23.0 Å². The molecule has 2 N–H and O–H groups in total. The lowest BCUT2D eigenvalue weighted by Crippen LogP contribution is -2.59. The number of hydrogen-bond donors (Lipinski definition) is 2. The molecular weight excluding hydrogens is 419 g/mol. The predicted molar refractivity (Wildman–Crippen MR) is 122 cm³/mol. The molecule has 0 spiro atoms. The Labute approximate surface area is 188 Å². The number of rotatable bonds is 5. The first kappa shape index (κ1) is 27.0. The van der Waals surface area contributed by atoms with Gasteiger partial charge in [0.1, 0.15) is 5.82 Å². The molecule has 0 unspecified atom stereocenters. The Morgan fingerprint density at radius 3 is 2.19 bits per heavy atom. The minimum absolute atomic E-state index is 0.0711. The van der Waals surface area contributed by atoms with Gasteiger partial charge < -0.3 is 15.5 Å². The molecule has 2 aromatic carbocycles. The van der Waals surface area contributed by atoms with Gasteiger partial charge in [0.2, 0.25) is 6.41 Å². The molecule has 0 aromatic heterocycles. The number of carbonyl (C=O) groups is 2. The smallest absolute Gasteiger partial charge is 0.256 e. The average Bonchev–Trinajstić information content (AvgIpc) is 2.70. The highest BCUT2D eigenvalue weighted by molar-refractivity contribution is 6.01. The van der Waals surface area contributed by atoms with Crippen LogP contribution in [-0.4, -0.2) is 36.3 Å². The Morgan fingerprint density at radius 1 is 1.06 bits per heavy atom. The molecule has 8 heteroatoms. The first-order valence-electron chi connectivity index (χ1n) is 10.6. The fourth-order valence-corrected chi connectivity index (χ4v) is 2.72. The molecule has 32 heavy (non-hydrogen) atoms. The molecule has 0 saturated carbocycles. The third-order valence-corrected chi connectivity index (χ3v) is 4.18. The zero-order valence-electron chi connectivity index (χ0n) is 19.4. The molecule has 0 bridgehead atoms. The van der Waals surface area contributed by atoms with Crippen LogP contribution in [0.3, 0.4) is 0 Å². The van der Waals surface area contributed by atoms with Gasteiger partial charge in [0, 0.05) is 13.1 Å². The Morgan fingerprint density at radius 2 is 1.66 bits per heavy atom. The van der Waals surface area contributed by atoms with Crippen molar-refractivity contribution in [1.82, 2.24) is 10.2 Å². The maximum Gasteiger partial charge on any atom is 0.256 e. The molecule has 0 atom stereocenters. The number of benzene rings is 2. The van der Waals surface area contributed by atoms with E-state index in [1.54, 1.807) is 13.0 Å². The molecule has 1 aliphatic heterocycles. The van der Waals surface area contributed by atoms with Gasteiger partial charge in [-0.25, -0.2) is 13.2 Å². The Hall–Kier alpha value is -3.03. The number of nitrogens with zero attached hydrogens (tertiary/aromatic N) is 1. The van der Waals surface area contributed by atoms with E-state index in [-0.39, 0.29) is 30.4 Å². The predicted octanol–water partition coefficient (Wildman–Crippen LogP) is 5.41. The van der Waals surface area contributed by atoms with E-state index in [4.69, 9.17) is 0 Å². The van der Waals surface area contributed by atoms with Crippen LogP contribution in [0.15, 0.2) is 30.3 Å². The normalized spacial score (nSPS) is 12.6. The average molecular weight is 452 g/mol. The van der Waals surface area contributed by atoms with E-state index in [1.165, 1.54) is 17.0 Å². The van der Waals surface area contributed by atoms with E-state index in [2.05, 4.69) is 31.4 Å². The zero-order valence-corrected chi connectivity index (χ0v) is 19.4. The summed E-state index contributed by atoms with van der Waals surface area (Å²) < 4.78 is 42.0. The minimum atomic E-state index is -1.26. The third-order valence-electron chi connectivity index (χ3n) is 4.18. The SMILES string of the molecule is CC.CC(C)C.Cc1ccc(Nc2c(C(=O)N3CC(NC=O)C3)ccc(F)c2F)c(F)c1. The van der Waals surface area contributed by atoms with Crippen LogP contribution in [-0.2, 0) is 4.79 Å². The summed E-state index contributed by atoms with van der Waals surface area (Å²) in [6.07, 6.45) is 0.539. The third kappa shape index (κ3) is 7.28. The molecule has 1 fully saturated rings. The zero-order chi connectivity index (χ0) is 24.4. The number of anilines is 2. The largest absolute Gasteiger partial charge is 0.352 e. The monoisotopic (exact) mass is 451 g/mol. The lowest BCUT2D eigenvalue weighted by molar-refractivity contribution is -0.111. The maximum absolute atomic E-state index is 14.3. The summed E-state index contributed by atoms with van der Waals surface area (Å²) in [4.78, 5) is 24.4. The topological polar surface area (TPSA) is 61.4 Å². The molecule has 0 aliphatic carbocycles. The molecule has 5 nitrogen and oxygen atoms in total. The molecule has 176 valence electrons. The molecule has 3 rings (SSSR count). The van der Waals surface area contributed by atoms with Crippen LogP contribution in [0.1, 0.15) is 50.5 Å². The van der Waals surface area contributed by atoms with Crippen molar-refractivity contribution in [2.45, 2.75) is 47.6 Å². The van der Waals surface area contributed by atoms with Crippen LogP contribution in [0.2, 0.25) is 0 Å². The van der Waals surface area contributed by atoms with Crippen LogP contribution in [0.4, 0.5) is 24.5 Å². The number of likely N-dealkylation sites (tertiary alicyclic amines) is 1. The van der Waals surface area contributed by atoms with Crippen LogP contribution in [0.25, 0.3) is 0 Å². The lowest BCUT2D eigenvalue weighted by Gasteiger charge is -2.39. The van der Waals surface area contributed by atoms with E-state index in [0.717, 1.165) is 18.1 Å². The maximum atomic E-state index is 14.3. The minimum Gasteiger partial charge on any atom is -0.352 e. The number of amides is 2. The lowest BCUT2D eigenvalue weighted by atomic mass is 10.0. The van der Waals surface area contributed by atoms with Crippen molar-refractivity contribution in [3.05, 3.63) is 58.9 Å². The summed E-state index contributed by atoms with van der Waals surface area (Å²) in [6.45, 7) is 12.7. The number of nitrogens with one attached hydrogen (secondary N) is 2. The second-order valence-corrected chi connectivity index (χ2v) is 7.82. The van der Waals surface area contributed by atoms with E-state index in [0.29, 0.717) is 12.0 Å². The van der Waals surface area contributed by atoms with Crippen LogP contribution in [0.5, 0.6) is 0 Å². The van der Waals surface area contributed by atoms with Crippen molar-refractivity contribution in [3.63, 3.8) is 0 Å². The molecule has 0 radical (unpaired) electrons. The van der Waals surface area contributed by atoms with Crippen molar-refractivity contribution in [2.24, 2.45) is 5.92 Å². The van der Waals surface area contributed by atoms with Crippen molar-refractivity contribution >= 4 is 23.7 Å². The molecule has 2 aromatic rings. The number of carbonyl (C=O) groups excluding carboxylic acids is 2.